The molecule has 1 saturated heterocycles. The minimum Gasteiger partial charge on any atom is -0.409 e. The summed E-state index contributed by atoms with van der Waals surface area (Å²) >= 11 is 0. The van der Waals surface area contributed by atoms with Crippen molar-refractivity contribution >= 4 is 11.7 Å². The lowest BCUT2D eigenvalue weighted by Gasteiger charge is -2.37. The zero-order valence-corrected chi connectivity index (χ0v) is 10.4. The fourth-order valence-electron chi connectivity index (χ4n) is 2.20. The van der Waals surface area contributed by atoms with Gasteiger partial charge in [0.25, 0.3) is 0 Å². The fourth-order valence-corrected chi connectivity index (χ4v) is 2.20. The van der Waals surface area contributed by atoms with Crippen LogP contribution in [-0.4, -0.2) is 39.8 Å². The zero-order chi connectivity index (χ0) is 13.2. The molecule has 0 radical (unpaired) electrons. The Hall–Kier alpha value is -1.82. The number of hydrogen-bond donors (Lipinski definition) is 3. The molecule has 0 spiro atoms. The van der Waals surface area contributed by atoms with E-state index in [2.05, 4.69) is 10.1 Å². The standard InChI is InChI=1S/C12H18N4O2/c1-12(17)5-2-6-16(8-12)10-4-3-9(7-14-10)11(13)15-18/h3-4,7,17-18H,2,5-6,8H2,1H3,(H2,13,15). The first-order valence-electron chi connectivity index (χ1n) is 5.93. The van der Waals surface area contributed by atoms with Gasteiger partial charge < -0.3 is 20.9 Å². The third-order valence-electron chi connectivity index (χ3n) is 3.15. The van der Waals surface area contributed by atoms with E-state index in [0.29, 0.717) is 12.1 Å². The highest BCUT2D eigenvalue weighted by molar-refractivity contribution is 5.96. The molecule has 0 saturated carbocycles. The number of β-amino-alcohol motifs (C(OH)–C–C–N with tert-alkyl or cyclic N) is 1. The van der Waals surface area contributed by atoms with Gasteiger partial charge in [-0.15, -0.1) is 0 Å². The van der Waals surface area contributed by atoms with Gasteiger partial charge in [-0.05, 0) is 31.9 Å². The number of nitrogens with zero attached hydrogens (tertiary/aromatic N) is 3. The first-order valence-corrected chi connectivity index (χ1v) is 5.93. The molecule has 98 valence electrons. The maximum atomic E-state index is 10.0. The third kappa shape index (κ3) is 2.70. The highest BCUT2D eigenvalue weighted by atomic mass is 16.4. The Kier molecular flexibility index (Phi) is 3.38. The maximum absolute atomic E-state index is 10.0. The highest BCUT2D eigenvalue weighted by Gasteiger charge is 2.28. The van der Waals surface area contributed by atoms with Gasteiger partial charge in [-0.1, -0.05) is 5.16 Å². The predicted molar refractivity (Wildman–Crippen MR) is 68.8 cm³/mol. The van der Waals surface area contributed by atoms with Crippen molar-refractivity contribution in [2.75, 3.05) is 18.0 Å². The molecule has 4 N–H and O–H groups in total. The molecule has 2 heterocycles. The van der Waals surface area contributed by atoms with E-state index in [-0.39, 0.29) is 5.84 Å². The number of amidine groups is 1. The smallest absolute Gasteiger partial charge is 0.171 e. The molecule has 0 aliphatic carbocycles. The lowest BCUT2D eigenvalue weighted by molar-refractivity contribution is 0.0447. The highest BCUT2D eigenvalue weighted by Crippen LogP contribution is 2.24. The van der Waals surface area contributed by atoms with Gasteiger partial charge in [0.15, 0.2) is 5.84 Å². The van der Waals surface area contributed by atoms with E-state index in [1.165, 1.54) is 0 Å². The van der Waals surface area contributed by atoms with Gasteiger partial charge >= 0.3 is 0 Å². The van der Waals surface area contributed by atoms with Gasteiger partial charge in [0.05, 0.1) is 5.60 Å². The van der Waals surface area contributed by atoms with Gasteiger partial charge in [0.1, 0.15) is 5.82 Å². The second kappa shape index (κ2) is 4.81. The van der Waals surface area contributed by atoms with E-state index < -0.39 is 5.60 Å². The van der Waals surface area contributed by atoms with Gasteiger partial charge in [-0.25, -0.2) is 4.98 Å². The molecule has 1 unspecified atom stereocenters. The lowest BCUT2D eigenvalue weighted by Crippen LogP contribution is -2.46. The van der Waals surface area contributed by atoms with Crippen molar-refractivity contribution < 1.29 is 10.3 Å². The molecule has 1 aromatic rings. The van der Waals surface area contributed by atoms with Crippen molar-refractivity contribution in [3.05, 3.63) is 23.9 Å². The summed E-state index contributed by atoms with van der Waals surface area (Å²) in [5.74, 6) is 0.837. The minimum absolute atomic E-state index is 0.0414. The van der Waals surface area contributed by atoms with Crippen LogP contribution in [0, 0.1) is 0 Å². The summed E-state index contributed by atoms with van der Waals surface area (Å²) in [6.07, 6.45) is 3.32. The number of anilines is 1. The summed E-state index contributed by atoms with van der Waals surface area (Å²) in [7, 11) is 0. The molecule has 1 aromatic heterocycles. The quantitative estimate of drug-likeness (QED) is 0.308. The second-order valence-electron chi connectivity index (χ2n) is 4.91. The zero-order valence-electron chi connectivity index (χ0n) is 10.4. The number of piperidine rings is 1. The van der Waals surface area contributed by atoms with Crippen LogP contribution in [-0.2, 0) is 0 Å². The van der Waals surface area contributed by atoms with E-state index in [9.17, 15) is 5.11 Å². The molecule has 0 amide bonds. The van der Waals surface area contributed by atoms with Crippen molar-refractivity contribution in [2.24, 2.45) is 10.9 Å². The Bertz CT molecular complexity index is 442. The molecular weight excluding hydrogens is 232 g/mol. The van der Waals surface area contributed by atoms with Crippen LogP contribution >= 0.6 is 0 Å². The summed E-state index contributed by atoms with van der Waals surface area (Å²) < 4.78 is 0. The summed E-state index contributed by atoms with van der Waals surface area (Å²) in [6, 6.07) is 3.56. The van der Waals surface area contributed by atoms with Gasteiger partial charge in [-0.2, -0.15) is 0 Å². The van der Waals surface area contributed by atoms with Crippen LogP contribution in [0.1, 0.15) is 25.3 Å². The van der Waals surface area contributed by atoms with E-state index in [4.69, 9.17) is 10.9 Å². The number of aliphatic hydroxyl groups is 1. The Morgan fingerprint density at radius 3 is 2.89 bits per heavy atom. The largest absolute Gasteiger partial charge is 0.409 e. The van der Waals surface area contributed by atoms with Gasteiger partial charge in [0, 0.05) is 24.8 Å². The molecule has 1 aliphatic rings. The first-order chi connectivity index (χ1) is 8.52. The summed E-state index contributed by atoms with van der Waals surface area (Å²) in [5, 5.41) is 21.5. The van der Waals surface area contributed by atoms with E-state index in [0.717, 1.165) is 25.2 Å². The van der Waals surface area contributed by atoms with Crippen LogP contribution in [0.2, 0.25) is 0 Å². The summed E-state index contributed by atoms with van der Waals surface area (Å²) in [6.45, 7) is 3.29. The van der Waals surface area contributed by atoms with Crippen LogP contribution in [0.4, 0.5) is 5.82 Å². The van der Waals surface area contributed by atoms with Gasteiger partial charge in [0.2, 0.25) is 0 Å². The van der Waals surface area contributed by atoms with E-state index >= 15 is 0 Å². The van der Waals surface area contributed by atoms with Gasteiger partial charge in [-0.3, -0.25) is 0 Å². The first kappa shape index (κ1) is 12.6. The number of hydrogen-bond acceptors (Lipinski definition) is 5. The van der Waals surface area contributed by atoms with Crippen LogP contribution < -0.4 is 10.6 Å². The van der Waals surface area contributed by atoms with Crippen molar-refractivity contribution in [1.29, 1.82) is 0 Å². The topological polar surface area (TPSA) is 95.0 Å². The average Bonchev–Trinajstić information content (AvgIpc) is 2.37. The molecule has 6 heteroatoms. The molecule has 1 aliphatic heterocycles. The van der Waals surface area contributed by atoms with E-state index in [1.807, 2.05) is 17.9 Å². The molecule has 0 aromatic carbocycles. The molecule has 6 nitrogen and oxygen atoms in total. The number of rotatable bonds is 2. The second-order valence-corrected chi connectivity index (χ2v) is 4.91. The van der Waals surface area contributed by atoms with Crippen LogP contribution in [0.15, 0.2) is 23.5 Å². The maximum Gasteiger partial charge on any atom is 0.171 e. The Labute approximate surface area is 106 Å². The van der Waals surface area contributed by atoms with Crippen LogP contribution in [0.25, 0.3) is 0 Å². The van der Waals surface area contributed by atoms with Crippen LogP contribution in [0.3, 0.4) is 0 Å². The number of nitrogens with two attached hydrogens (primary N) is 1. The van der Waals surface area contributed by atoms with E-state index in [1.54, 1.807) is 12.3 Å². The number of oxime groups is 1. The average molecular weight is 250 g/mol. The van der Waals surface area contributed by atoms with Crippen molar-refractivity contribution in [3.63, 3.8) is 0 Å². The van der Waals surface area contributed by atoms with Crippen molar-refractivity contribution in [3.8, 4) is 0 Å². The number of pyridine rings is 1. The third-order valence-corrected chi connectivity index (χ3v) is 3.15. The molecule has 1 atom stereocenters. The molecular formula is C12H18N4O2. The SMILES string of the molecule is CC1(O)CCCN(c2ccc(/C(N)=N/O)cn2)C1. The fraction of sp³-hybridized carbons (Fsp3) is 0.500. The number of aromatic nitrogens is 1. The summed E-state index contributed by atoms with van der Waals surface area (Å²) in [4.78, 5) is 6.32. The van der Waals surface area contributed by atoms with Crippen molar-refractivity contribution in [1.82, 2.24) is 4.98 Å². The van der Waals surface area contributed by atoms with Crippen molar-refractivity contribution in [2.45, 2.75) is 25.4 Å². The minimum atomic E-state index is -0.663. The Morgan fingerprint density at radius 2 is 2.33 bits per heavy atom. The molecule has 0 bridgehead atoms. The lowest BCUT2D eigenvalue weighted by atomic mass is 9.95. The summed E-state index contributed by atoms with van der Waals surface area (Å²) in [5.41, 5.74) is 5.38. The Balaban J connectivity index is 2.14. The predicted octanol–water partition coefficient (Wildman–Crippen LogP) is 0.527. The Morgan fingerprint density at radius 1 is 1.56 bits per heavy atom. The molecule has 1 fully saturated rings. The monoisotopic (exact) mass is 250 g/mol. The molecule has 2 rings (SSSR count). The molecule has 18 heavy (non-hydrogen) atoms. The van der Waals surface area contributed by atoms with Crippen LogP contribution in [0.5, 0.6) is 0 Å². The normalized spacial score (nSPS) is 25.2.